The molecule has 3 rings (SSSR count). The van der Waals surface area contributed by atoms with E-state index in [1.807, 2.05) is 12.1 Å². The summed E-state index contributed by atoms with van der Waals surface area (Å²) in [7, 11) is 0. The number of nitrogens with zero attached hydrogens (tertiary/aromatic N) is 1. The molecule has 2 aliphatic rings. The normalized spacial score (nSPS) is 25.5. The second-order valence-corrected chi connectivity index (χ2v) is 5.96. The molecule has 4 nitrogen and oxygen atoms in total. The summed E-state index contributed by atoms with van der Waals surface area (Å²) < 4.78 is 11.9. The van der Waals surface area contributed by atoms with E-state index in [9.17, 15) is 0 Å². The van der Waals surface area contributed by atoms with Gasteiger partial charge in [0.05, 0.1) is 12.2 Å². The third-order valence-electron chi connectivity index (χ3n) is 4.55. The van der Waals surface area contributed by atoms with Gasteiger partial charge < -0.3 is 14.8 Å². The van der Waals surface area contributed by atoms with Gasteiger partial charge in [0, 0.05) is 19.0 Å². The fourth-order valence-electron chi connectivity index (χ4n) is 3.38. The Labute approximate surface area is 120 Å². The molecule has 1 N–H and O–H groups in total. The Morgan fingerprint density at radius 3 is 2.90 bits per heavy atom. The van der Waals surface area contributed by atoms with Crippen molar-refractivity contribution in [2.75, 3.05) is 26.3 Å². The molecule has 1 aromatic rings. The molecule has 1 spiro atoms. The molecule has 2 fully saturated rings. The Morgan fingerprint density at radius 1 is 1.30 bits per heavy atom. The molecule has 110 valence electrons. The molecule has 1 atom stereocenters. The Balaban J connectivity index is 1.45. The minimum absolute atomic E-state index is 0.158. The second-order valence-electron chi connectivity index (χ2n) is 5.96. The number of aromatic nitrogens is 1. The van der Waals surface area contributed by atoms with Crippen molar-refractivity contribution >= 4 is 0 Å². The second kappa shape index (κ2) is 6.55. The number of nitrogens with one attached hydrogen (secondary N) is 1. The van der Waals surface area contributed by atoms with Gasteiger partial charge in [0.1, 0.15) is 5.75 Å². The van der Waals surface area contributed by atoms with Crippen LogP contribution in [0.4, 0.5) is 0 Å². The van der Waals surface area contributed by atoms with E-state index in [0.717, 1.165) is 57.2 Å². The number of rotatable bonds is 4. The van der Waals surface area contributed by atoms with Gasteiger partial charge in [-0.2, -0.15) is 0 Å². The first-order chi connectivity index (χ1) is 9.86. The van der Waals surface area contributed by atoms with Gasteiger partial charge in [-0.3, -0.25) is 4.98 Å². The van der Waals surface area contributed by atoms with Gasteiger partial charge in [-0.25, -0.2) is 0 Å². The van der Waals surface area contributed by atoms with Crippen molar-refractivity contribution in [1.29, 1.82) is 0 Å². The van der Waals surface area contributed by atoms with Crippen molar-refractivity contribution in [3.05, 3.63) is 24.5 Å². The lowest BCUT2D eigenvalue weighted by molar-refractivity contribution is -0.115. The van der Waals surface area contributed by atoms with Gasteiger partial charge in [-0.1, -0.05) is 0 Å². The molecule has 0 radical (unpaired) electrons. The van der Waals surface area contributed by atoms with Crippen LogP contribution in [0.2, 0.25) is 0 Å². The number of pyridine rings is 1. The summed E-state index contributed by atoms with van der Waals surface area (Å²) in [6.45, 7) is 3.91. The largest absolute Gasteiger partial charge is 0.493 e. The van der Waals surface area contributed by atoms with Crippen molar-refractivity contribution in [2.24, 2.45) is 5.92 Å². The summed E-state index contributed by atoms with van der Waals surface area (Å²) >= 11 is 0. The zero-order valence-corrected chi connectivity index (χ0v) is 12.0. The van der Waals surface area contributed by atoms with Crippen molar-refractivity contribution in [3.63, 3.8) is 0 Å². The molecule has 2 aliphatic heterocycles. The monoisotopic (exact) mass is 276 g/mol. The third kappa shape index (κ3) is 3.49. The van der Waals surface area contributed by atoms with Gasteiger partial charge in [0.15, 0.2) is 0 Å². The maximum atomic E-state index is 6.11. The third-order valence-corrected chi connectivity index (χ3v) is 4.55. The van der Waals surface area contributed by atoms with E-state index < -0.39 is 0 Å². The van der Waals surface area contributed by atoms with Crippen LogP contribution in [0.25, 0.3) is 0 Å². The minimum Gasteiger partial charge on any atom is -0.493 e. The number of hydrogen-bond donors (Lipinski definition) is 1. The van der Waals surface area contributed by atoms with Gasteiger partial charge in [0.25, 0.3) is 0 Å². The van der Waals surface area contributed by atoms with Crippen LogP contribution in [0.5, 0.6) is 5.75 Å². The summed E-state index contributed by atoms with van der Waals surface area (Å²) in [6.07, 6.45) is 9.37. The number of hydrogen-bond acceptors (Lipinski definition) is 4. The molecular weight excluding hydrogens is 252 g/mol. The van der Waals surface area contributed by atoms with Crippen LogP contribution in [-0.2, 0) is 4.74 Å². The topological polar surface area (TPSA) is 43.4 Å². The first-order valence-electron chi connectivity index (χ1n) is 7.74. The van der Waals surface area contributed by atoms with Crippen LogP contribution in [-0.4, -0.2) is 36.9 Å². The highest BCUT2D eigenvalue weighted by Gasteiger charge is 2.38. The van der Waals surface area contributed by atoms with Gasteiger partial charge >= 0.3 is 0 Å². The average Bonchev–Trinajstić information content (AvgIpc) is 2.49. The van der Waals surface area contributed by atoms with Crippen LogP contribution < -0.4 is 10.1 Å². The van der Waals surface area contributed by atoms with Crippen LogP contribution in [0.1, 0.15) is 32.1 Å². The number of piperidine rings is 1. The molecule has 0 saturated carbocycles. The van der Waals surface area contributed by atoms with Crippen LogP contribution >= 0.6 is 0 Å². The van der Waals surface area contributed by atoms with Crippen LogP contribution in [0.3, 0.4) is 0 Å². The predicted octanol–water partition coefficient (Wildman–Crippen LogP) is 2.40. The first kappa shape index (κ1) is 13.8. The number of ether oxygens (including phenoxy) is 2. The Kier molecular flexibility index (Phi) is 4.53. The smallest absolute Gasteiger partial charge is 0.122 e. The fraction of sp³-hybridized carbons (Fsp3) is 0.688. The standard InChI is InChI=1S/C16H24N2O2/c1-7-17-8-2-15(1)19-11-3-14-4-12-20-16(13-14)5-9-18-10-6-16/h1-2,7-8,14,18H,3-6,9-13H2/t14-/m0/s1. The van der Waals surface area contributed by atoms with E-state index in [0.29, 0.717) is 0 Å². The molecule has 1 aromatic heterocycles. The molecule has 4 heteroatoms. The highest BCUT2D eigenvalue weighted by molar-refractivity contribution is 5.16. The highest BCUT2D eigenvalue weighted by Crippen LogP contribution is 2.37. The van der Waals surface area contributed by atoms with E-state index in [-0.39, 0.29) is 5.60 Å². The maximum Gasteiger partial charge on any atom is 0.122 e. The summed E-state index contributed by atoms with van der Waals surface area (Å²) in [6, 6.07) is 3.83. The molecule has 2 saturated heterocycles. The maximum absolute atomic E-state index is 6.11. The molecule has 0 unspecified atom stereocenters. The molecular formula is C16H24N2O2. The van der Waals surface area contributed by atoms with E-state index >= 15 is 0 Å². The summed E-state index contributed by atoms with van der Waals surface area (Å²) in [4.78, 5) is 4.00. The van der Waals surface area contributed by atoms with E-state index in [4.69, 9.17) is 9.47 Å². The quantitative estimate of drug-likeness (QED) is 0.917. The first-order valence-corrected chi connectivity index (χ1v) is 7.74. The molecule has 3 heterocycles. The summed E-state index contributed by atoms with van der Waals surface area (Å²) in [5.41, 5.74) is 0.158. The van der Waals surface area contributed by atoms with Crippen molar-refractivity contribution in [1.82, 2.24) is 10.3 Å². The van der Waals surface area contributed by atoms with Gasteiger partial charge in [0.2, 0.25) is 0 Å². The van der Waals surface area contributed by atoms with Crippen molar-refractivity contribution < 1.29 is 9.47 Å². The zero-order chi connectivity index (χ0) is 13.7. The summed E-state index contributed by atoms with van der Waals surface area (Å²) in [5.74, 6) is 1.66. The summed E-state index contributed by atoms with van der Waals surface area (Å²) in [5, 5.41) is 3.43. The Hall–Kier alpha value is -1.13. The molecule has 0 amide bonds. The minimum atomic E-state index is 0.158. The lowest BCUT2D eigenvalue weighted by atomic mass is 9.79. The molecule has 0 bridgehead atoms. The van der Waals surface area contributed by atoms with Crippen LogP contribution in [0.15, 0.2) is 24.5 Å². The lowest BCUT2D eigenvalue weighted by Gasteiger charge is -2.43. The molecule has 0 aromatic carbocycles. The Bertz CT molecular complexity index is 399. The SMILES string of the molecule is c1cc(OCC[C@H]2CCOC3(CCNCC3)C2)ccn1. The lowest BCUT2D eigenvalue weighted by Crippen LogP contribution is -2.48. The van der Waals surface area contributed by atoms with Crippen LogP contribution in [0, 0.1) is 5.92 Å². The van der Waals surface area contributed by atoms with E-state index in [1.54, 1.807) is 12.4 Å². The van der Waals surface area contributed by atoms with E-state index in [1.165, 1.54) is 12.8 Å². The fourth-order valence-corrected chi connectivity index (χ4v) is 3.38. The Morgan fingerprint density at radius 2 is 2.10 bits per heavy atom. The van der Waals surface area contributed by atoms with E-state index in [2.05, 4.69) is 10.3 Å². The van der Waals surface area contributed by atoms with Crippen molar-refractivity contribution in [2.45, 2.75) is 37.7 Å². The average molecular weight is 276 g/mol. The molecule has 0 aliphatic carbocycles. The highest BCUT2D eigenvalue weighted by atomic mass is 16.5. The molecule has 20 heavy (non-hydrogen) atoms. The zero-order valence-electron chi connectivity index (χ0n) is 12.0. The predicted molar refractivity (Wildman–Crippen MR) is 77.9 cm³/mol. The van der Waals surface area contributed by atoms with Gasteiger partial charge in [-0.15, -0.1) is 0 Å². The van der Waals surface area contributed by atoms with Crippen molar-refractivity contribution in [3.8, 4) is 5.75 Å². The van der Waals surface area contributed by atoms with Gasteiger partial charge in [-0.05, 0) is 63.2 Å².